The van der Waals surface area contributed by atoms with Crippen LogP contribution in [0.25, 0.3) is 10.8 Å². The van der Waals surface area contributed by atoms with E-state index in [2.05, 4.69) is 11.4 Å². The van der Waals surface area contributed by atoms with Crippen LogP contribution in [0.4, 0.5) is 10.1 Å². The molecule has 0 radical (unpaired) electrons. The van der Waals surface area contributed by atoms with E-state index in [1.807, 2.05) is 49.2 Å². The number of carbonyl (C=O) groups excluding carboxylic acids is 1. The van der Waals surface area contributed by atoms with Crippen molar-refractivity contribution in [1.82, 2.24) is 4.90 Å². The lowest BCUT2D eigenvalue weighted by Crippen LogP contribution is -2.39. The molecule has 0 aliphatic carbocycles. The van der Waals surface area contributed by atoms with Crippen LogP contribution in [0.2, 0.25) is 0 Å². The summed E-state index contributed by atoms with van der Waals surface area (Å²) in [7, 11) is 3.53. The summed E-state index contributed by atoms with van der Waals surface area (Å²) >= 11 is 0. The Morgan fingerprint density at radius 2 is 1.81 bits per heavy atom. The van der Waals surface area contributed by atoms with Crippen molar-refractivity contribution < 1.29 is 13.9 Å². The molecule has 0 aliphatic heterocycles. The number of likely N-dealkylation sites (N-methyl/N-ethyl adjacent to an activating group) is 1. The summed E-state index contributed by atoms with van der Waals surface area (Å²) in [5.74, 6) is 0.143. The standard InChI is InChI=1S/C22H23FN2O2/c1-15(22(26)24-21-7-5-4-6-20(21)23)25(2)14-16-8-9-18-13-19(27-3)11-10-17(18)12-16/h4-13,15H,14H2,1-3H3,(H,24,26)/t15-/m0/s1. The number of carbonyl (C=O) groups is 1. The summed E-state index contributed by atoms with van der Waals surface area (Å²) in [5.41, 5.74) is 1.29. The molecule has 3 aromatic carbocycles. The number of fused-ring (bicyclic) bond motifs is 1. The summed E-state index contributed by atoms with van der Waals surface area (Å²) in [4.78, 5) is 14.4. The number of halogens is 1. The first-order valence-corrected chi connectivity index (χ1v) is 8.80. The molecule has 5 heteroatoms. The minimum absolute atomic E-state index is 0.197. The molecule has 27 heavy (non-hydrogen) atoms. The maximum Gasteiger partial charge on any atom is 0.241 e. The second kappa shape index (κ2) is 8.18. The van der Waals surface area contributed by atoms with Crippen LogP contribution in [0.3, 0.4) is 0 Å². The maximum atomic E-state index is 13.7. The molecule has 3 aromatic rings. The Labute approximate surface area is 158 Å². The summed E-state index contributed by atoms with van der Waals surface area (Å²) in [6.07, 6.45) is 0. The van der Waals surface area contributed by atoms with Gasteiger partial charge >= 0.3 is 0 Å². The van der Waals surface area contributed by atoms with Crippen molar-refractivity contribution in [2.45, 2.75) is 19.5 Å². The highest BCUT2D eigenvalue weighted by atomic mass is 19.1. The van der Waals surface area contributed by atoms with E-state index in [1.165, 1.54) is 6.07 Å². The van der Waals surface area contributed by atoms with E-state index >= 15 is 0 Å². The highest BCUT2D eigenvalue weighted by molar-refractivity contribution is 5.94. The molecular weight excluding hydrogens is 343 g/mol. The highest BCUT2D eigenvalue weighted by Crippen LogP contribution is 2.22. The SMILES string of the molecule is COc1ccc2cc(CN(C)[C@@H](C)C(=O)Nc3ccccc3F)ccc2c1. The van der Waals surface area contributed by atoms with Crippen molar-refractivity contribution in [1.29, 1.82) is 0 Å². The quantitative estimate of drug-likeness (QED) is 0.701. The second-order valence-electron chi connectivity index (χ2n) is 6.61. The molecule has 0 spiro atoms. The summed E-state index contributed by atoms with van der Waals surface area (Å²) in [6.45, 7) is 2.41. The van der Waals surface area contributed by atoms with Crippen molar-refractivity contribution in [2.24, 2.45) is 0 Å². The van der Waals surface area contributed by atoms with E-state index in [-0.39, 0.29) is 11.6 Å². The number of methoxy groups -OCH3 is 1. The molecule has 0 saturated heterocycles. The Kier molecular flexibility index (Phi) is 5.72. The zero-order chi connectivity index (χ0) is 19.4. The average Bonchev–Trinajstić information content (AvgIpc) is 2.68. The third-order valence-corrected chi connectivity index (χ3v) is 4.72. The molecule has 0 bridgehead atoms. The van der Waals surface area contributed by atoms with Crippen LogP contribution in [0.1, 0.15) is 12.5 Å². The van der Waals surface area contributed by atoms with Crippen molar-refractivity contribution in [2.75, 3.05) is 19.5 Å². The number of hydrogen-bond acceptors (Lipinski definition) is 3. The molecule has 0 fully saturated rings. The molecular formula is C22H23FN2O2. The zero-order valence-electron chi connectivity index (χ0n) is 15.7. The van der Waals surface area contributed by atoms with Gasteiger partial charge in [0, 0.05) is 6.54 Å². The monoisotopic (exact) mass is 366 g/mol. The molecule has 3 rings (SSSR count). The van der Waals surface area contributed by atoms with Crippen LogP contribution >= 0.6 is 0 Å². The summed E-state index contributed by atoms with van der Waals surface area (Å²) in [6, 6.07) is 17.9. The molecule has 0 aliphatic rings. The lowest BCUT2D eigenvalue weighted by molar-refractivity contribution is -0.120. The minimum atomic E-state index is -0.439. The van der Waals surface area contributed by atoms with Crippen LogP contribution in [0.5, 0.6) is 5.75 Å². The molecule has 140 valence electrons. The van der Waals surface area contributed by atoms with Gasteiger partial charge < -0.3 is 10.1 Å². The third-order valence-electron chi connectivity index (χ3n) is 4.72. The number of amides is 1. The third kappa shape index (κ3) is 4.44. The molecule has 4 nitrogen and oxygen atoms in total. The van der Waals surface area contributed by atoms with Gasteiger partial charge in [0.15, 0.2) is 0 Å². The van der Waals surface area contributed by atoms with Gasteiger partial charge in [-0.05, 0) is 60.6 Å². The Balaban J connectivity index is 1.68. The fraction of sp³-hybridized carbons (Fsp3) is 0.227. The molecule has 0 unspecified atom stereocenters. The van der Waals surface area contributed by atoms with Gasteiger partial charge in [-0.2, -0.15) is 0 Å². The first-order chi connectivity index (χ1) is 13.0. The lowest BCUT2D eigenvalue weighted by atomic mass is 10.1. The van der Waals surface area contributed by atoms with Gasteiger partial charge in [0.1, 0.15) is 11.6 Å². The predicted molar refractivity (Wildman–Crippen MR) is 106 cm³/mol. The Morgan fingerprint density at radius 1 is 1.11 bits per heavy atom. The molecule has 1 atom stereocenters. The van der Waals surface area contributed by atoms with Crippen molar-refractivity contribution in [3.8, 4) is 5.75 Å². The molecule has 0 saturated carbocycles. The number of rotatable bonds is 6. The highest BCUT2D eigenvalue weighted by Gasteiger charge is 2.19. The van der Waals surface area contributed by atoms with E-state index in [0.717, 1.165) is 22.1 Å². The zero-order valence-corrected chi connectivity index (χ0v) is 15.7. The average molecular weight is 366 g/mol. The molecule has 1 N–H and O–H groups in total. The lowest BCUT2D eigenvalue weighted by Gasteiger charge is -2.24. The van der Waals surface area contributed by atoms with Gasteiger partial charge in [0.25, 0.3) is 0 Å². The first-order valence-electron chi connectivity index (χ1n) is 8.80. The van der Waals surface area contributed by atoms with E-state index in [1.54, 1.807) is 25.3 Å². The van der Waals surface area contributed by atoms with Crippen LogP contribution in [-0.4, -0.2) is 31.0 Å². The fourth-order valence-corrected chi connectivity index (χ4v) is 2.92. The number of hydrogen-bond donors (Lipinski definition) is 1. The summed E-state index contributed by atoms with van der Waals surface area (Å²) in [5, 5.41) is 4.87. The van der Waals surface area contributed by atoms with Crippen LogP contribution in [-0.2, 0) is 11.3 Å². The predicted octanol–water partition coefficient (Wildman–Crippen LogP) is 4.45. The number of para-hydroxylation sites is 1. The van der Waals surface area contributed by atoms with Gasteiger partial charge in [-0.1, -0.05) is 30.3 Å². The Bertz CT molecular complexity index is 958. The fourth-order valence-electron chi connectivity index (χ4n) is 2.92. The number of benzene rings is 3. The van der Waals surface area contributed by atoms with Gasteiger partial charge in [-0.15, -0.1) is 0 Å². The van der Waals surface area contributed by atoms with Crippen molar-refractivity contribution in [3.05, 3.63) is 72.0 Å². The van der Waals surface area contributed by atoms with Gasteiger partial charge in [0.05, 0.1) is 18.8 Å². The van der Waals surface area contributed by atoms with Crippen LogP contribution in [0, 0.1) is 5.82 Å². The number of nitrogens with one attached hydrogen (secondary N) is 1. The number of nitrogens with zero attached hydrogens (tertiary/aromatic N) is 1. The molecule has 0 heterocycles. The first kappa shape index (κ1) is 18.9. The topological polar surface area (TPSA) is 41.6 Å². The minimum Gasteiger partial charge on any atom is -0.497 e. The second-order valence-corrected chi connectivity index (χ2v) is 6.61. The normalized spacial score (nSPS) is 12.2. The van der Waals surface area contributed by atoms with Crippen LogP contribution < -0.4 is 10.1 Å². The number of ether oxygens (including phenoxy) is 1. The Morgan fingerprint density at radius 3 is 2.56 bits per heavy atom. The smallest absolute Gasteiger partial charge is 0.241 e. The van der Waals surface area contributed by atoms with Gasteiger partial charge in [-0.25, -0.2) is 4.39 Å². The van der Waals surface area contributed by atoms with Crippen molar-refractivity contribution >= 4 is 22.4 Å². The van der Waals surface area contributed by atoms with Gasteiger partial charge in [-0.3, -0.25) is 9.69 Å². The van der Waals surface area contributed by atoms with Crippen molar-refractivity contribution in [3.63, 3.8) is 0 Å². The van der Waals surface area contributed by atoms with Crippen LogP contribution in [0.15, 0.2) is 60.7 Å². The van der Waals surface area contributed by atoms with E-state index in [0.29, 0.717) is 6.54 Å². The maximum absolute atomic E-state index is 13.7. The largest absolute Gasteiger partial charge is 0.497 e. The van der Waals surface area contributed by atoms with E-state index in [4.69, 9.17) is 4.74 Å². The summed E-state index contributed by atoms with van der Waals surface area (Å²) < 4.78 is 19.0. The Hall–Kier alpha value is -2.92. The number of anilines is 1. The van der Waals surface area contributed by atoms with Gasteiger partial charge in [0.2, 0.25) is 5.91 Å². The molecule has 0 aromatic heterocycles. The van der Waals surface area contributed by atoms with E-state index < -0.39 is 11.9 Å². The van der Waals surface area contributed by atoms with E-state index in [9.17, 15) is 9.18 Å². The molecule has 1 amide bonds.